The van der Waals surface area contributed by atoms with Gasteiger partial charge in [0.25, 0.3) is 0 Å². The molecule has 0 spiro atoms. The van der Waals surface area contributed by atoms with Gasteiger partial charge in [0.15, 0.2) is 0 Å². The number of aryl methyl sites for hydroxylation is 2. The van der Waals surface area contributed by atoms with E-state index in [4.69, 9.17) is 11.6 Å². The second kappa shape index (κ2) is 4.73. The molecule has 1 aromatic heterocycles. The number of piperidine rings is 1. The molecule has 0 saturated carbocycles. The van der Waals surface area contributed by atoms with Gasteiger partial charge in [-0.25, -0.2) is 0 Å². The third-order valence-corrected chi connectivity index (χ3v) is 3.67. The summed E-state index contributed by atoms with van der Waals surface area (Å²) < 4.78 is 1.61. The summed E-state index contributed by atoms with van der Waals surface area (Å²) in [5.41, 5.74) is 1.58. The third kappa shape index (κ3) is 2.10. The predicted octanol–water partition coefficient (Wildman–Crippen LogP) is 1.56. The molecule has 1 saturated heterocycles. The van der Waals surface area contributed by atoms with Crippen LogP contribution < -0.4 is 5.32 Å². The highest BCUT2D eigenvalue weighted by molar-refractivity contribution is 6.30. The molecule has 1 fully saturated rings. The van der Waals surface area contributed by atoms with Gasteiger partial charge in [-0.15, -0.1) is 0 Å². The number of nitrogens with one attached hydrogen (secondary N) is 1. The van der Waals surface area contributed by atoms with Gasteiger partial charge in [-0.2, -0.15) is 5.10 Å². The fourth-order valence-corrected chi connectivity index (χ4v) is 2.62. The first-order valence-electron chi connectivity index (χ1n) is 5.71. The quantitative estimate of drug-likeness (QED) is 0.829. The first kappa shape index (κ1) is 11.9. The molecule has 90 valence electrons. The number of hydrogen-bond donors (Lipinski definition) is 2. The highest BCUT2D eigenvalue weighted by Crippen LogP contribution is 2.30. The van der Waals surface area contributed by atoms with E-state index in [9.17, 15) is 5.11 Å². The minimum absolute atomic E-state index is 0.106. The van der Waals surface area contributed by atoms with E-state index in [0.29, 0.717) is 5.15 Å². The number of aliphatic hydroxyl groups is 1. The van der Waals surface area contributed by atoms with Crippen molar-refractivity contribution in [2.75, 3.05) is 6.54 Å². The average molecular weight is 244 g/mol. The number of aliphatic hydroxyl groups excluding tert-OH is 1. The average Bonchev–Trinajstić information content (AvgIpc) is 2.54. The Morgan fingerprint density at radius 2 is 2.31 bits per heavy atom. The summed E-state index contributed by atoms with van der Waals surface area (Å²) in [6.45, 7) is 2.85. The standard InChI is InChI=1S/C11H18ClN3O/c1-7-9(11(12)15(2)14-7)10(16)8-5-3-4-6-13-8/h8,10,13,16H,3-6H2,1-2H3. The molecule has 2 atom stereocenters. The molecule has 1 aliphatic heterocycles. The van der Waals surface area contributed by atoms with E-state index in [1.54, 1.807) is 11.7 Å². The lowest BCUT2D eigenvalue weighted by Gasteiger charge is -2.28. The van der Waals surface area contributed by atoms with E-state index in [0.717, 1.165) is 30.6 Å². The van der Waals surface area contributed by atoms with Crippen LogP contribution >= 0.6 is 11.6 Å². The van der Waals surface area contributed by atoms with E-state index >= 15 is 0 Å². The lowest BCUT2D eigenvalue weighted by molar-refractivity contribution is 0.113. The number of halogens is 1. The number of nitrogens with zero attached hydrogens (tertiary/aromatic N) is 2. The van der Waals surface area contributed by atoms with Crippen molar-refractivity contribution in [3.05, 3.63) is 16.4 Å². The van der Waals surface area contributed by atoms with Gasteiger partial charge in [0, 0.05) is 18.7 Å². The van der Waals surface area contributed by atoms with Gasteiger partial charge in [0.05, 0.1) is 11.8 Å². The largest absolute Gasteiger partial charge is 0.387 e. The van der Waals surface area contributed by atoms with Crippen molar-refractivity contribution in [1.29, 1.82) is 0 Å². The van der Waals surface area contributed by atoms with Gasteiger partial charge in [0.2, 0.25) is 0 Å². The fourth-order valence-electron chi connectivity index (χ4n) is 2.33. The maximum Gasteiger partial charge on any atom is 0.132 e. The van der Waals surface area contributed by atoms with Crippen LogP contribution in [0.25, 0.3) is 0 Å². The molecular weight excluding hydrogens is 226 g/mol. The lowest BCUT2D eigenvalue weighted by atomic mass is 9.95. The fraction of sp³-hybridized carbons (Fsp3) is 0.727. The summed E-state index contributed by atoms with van der Waals surface area (Å²) in [5.74, 6) is 0. The minimum Gasteiger partial charge on any atom is -0.387 e. The summed E-state index contributed by atoms with van der Waals surface area (Å²) in [6, 6.07) is 0.106. The Morgan fingerprint density at radius 1 is 1.56 bits per heavy atom. The zero-order valence-corrected chi connectivity index (χ0v) is 10.5. The van der Waals surface area contributed by atoms with Gasteiger partial charge in [-0.1, -0.05) is 18.0 Å². The summed E-state index contributed by atoms with van der Waals surface area (Å²) >= 11 is 6.14. The van der Waals surface area contributed by atoms with E-state index in [1.165, 1.54) is 6.42 Å². The molecule has 0 bridgehead atoms. The number of rotatable bonds is 2. The van der Waals surface area contributed by atoms with Gasteiger partial charge >= 0.3 is 0 Å². The number of hydrogen-bond acceptors (Lipinski definition) is 3. The maximum atomic E-state index is 10.3. The summed E-state index contributed by atoms with van der Waals surface area (Å²) in [6.07, 6.45) is 2.78. The molecule has 0 radical (unpaired) electrons. The molecule has 1 aromatic rings. The van der Waals surface area contributed by atoms with Crippen LogP contribution in [0.3, 0.4) is 0 Å². The molecule has 2 N–H and O–H groups in total. The van der Waals surface area contributed by atoms with E-state index in [2.05, 4.69) is 10.4 Å². The van der Waals surface area contributed by atoms with E-state index in [1.807, 2.05) is 6.92 Å². The van der Waals surface area contributed by atoms with Crippen LogP contribution in [0.1, 0.15) is 36.6 Å². The van der Waals surface area contributed by atoms with Gasteiger partial charge in [-0.3, -0.25) is 4.68 Å². The summed E-state index contributed by atoms with van der Waals surface area (Å²) in [4.78, 5) is 0. The van der Waals surface area contributed by atoms with Crippen LogP contribution in [-0.2, 0) is 7.05 Å². The van der Waals surface area contributed by atoms with Crippen LogP contribution in [0.4, 0.5) is 0 Å². The molecule has 2 rings (SSSR count). The monoisotopic (exact) mass is 243 g/mol. The Hall–Kier alpha value is -0.580. The van der Waals surface area contributed by atoms with Crippen molar-refractivity contribution in [3.8, 4) is 0 Å². The van der Waals surface area contributed by atoms with Crippen molar-refractivity contribution in [2.45, 2.75) is 38.3 Å². The van der Waals surface area contributed by atoms with Crippen molar-refractivity contribution < 1.29 is 5.11 Å². The summed E-state index contributed by atoms with van der Waals surface area (Å²) in [5, 5.41) is 18.4. The second-order valence-corrected chi connectivity index (χ2v) is 4.77. The zero-order valence-electron chi connectivity index (χ0n) is 9.70. The Kier molecular flexibility index (Phi) is 3.52. The molecule has 16 heavy (non-hydrogen) atoms. The maximum absolute atomic E-state index is 10.3. The van der Waals surface area contributed by atoms with Gasteiger partial charge in [-0.05, 0) is 26.3 Å². The molecule has 0 amide bonds. The normalized spacial score (nSPS) is 23.4. The smallest absolute Gasteiger partial charge is 0.132 e. The highest BCUT2D eigenvalue weighted by atomic mass is 35.5. The minimum atomic E-state index is -0.554. The highest BCUT2D eigenvalue weighted by Gasteiger charge is 2.27. The Bertz CT molecular complexity index is 372. The second-order valence-electron chi connectivity index (χ2n) is 4.41. The first-order chi connectivity index (χ1) is 7.61. The molecule has 5 heteroatoms. The van der Waals surface area contributed by atoms with Crippen LogP contribution in [0.2, 0.25) is 5.15 Å². The van der Waals surface area contributed by atoms with Crippen molar-refractivity contribution in [3.63, 3.8) is 0 Å². The Morgan fingerprint density at radius 3 is 2.81 bits per heavy atom. The SMILES string of the molecule is Cc1nn(C)c(Cl)c1C(O)C1CCCCN1. The van der Waals surface area contributed by atoms with E-state index < -0.39 is 6.10 Å². The van der Waals surface area contributed by atoms with E-state index in [-0.39, 0.29) is 6.04 Å². The molecule has 1 aliphatic rings. The van der Waals surface area contributed by atoms with Crippen molar-refractivity contribution in [2.24, 2.45) is 7.05 Å². The third-order valence-electron chi connectivity index (χ3n) is 3.22. The number of aromatic nitrogens is 2. The first-order valence-corrected chi connectivity index (χ1v) is 6.09. The Balaban J connectivity index is 2.22. The predicted molar refractivity (Wildman–Crippen MR) is 63.6 cm³/mol. The molecule has 2 heterocycles. The lowest BCUT2D eigenvalue weighted by Crippen LogP contribution is -2.39. The van der Waals surface area contributed by atoms with Crippen LogP contribution in [0, 0.1) is 6.92 Å². The topological polar surface area (TPSA) is 50.1 Å². The van der Waals surface area contributed by atoms with Gasteiger partial charge in [0.1, 0.15) is 5.15 Å². The molecule has 4 nitrogen and oxygen atoms in total. The molecule has 2 unspecified atom stereocenters. The molecule has 0 aliphatic carbocycles. The molecular formula is C11H18ClN3O. The zero-order chi connectivity index (χ0) is 11.7. The summed E-state index contributed by atoms with van der Waals surface area (Å²) in [7, 11) is 1.79. The van der Waals surface area contributed by atoms with Crippen LogP contribution in [0.15, 0.2) is 0 Å². The Labute approximate surface area is 101 Å². The molecule has 0 aromatic carbocycles. The van der Waals surface area contributed by atoms with Crippen LogP contribution in [-0.4, -0.2) is 27.5 Å². The van der Waals surface area contributed by atoms with Crippen molar-refractivity contribution >= 4 is 11.6 Å². The van der Waals surface area contributed by atoms with Crippen LogP contribution in [0.5, 0.6) is 0 Å². The van der Waals surface area contributed by atoms with Crippen molar-refractivity contribution in [1.82, 2.24) is 15.1 Å². The van der Waals surface area contributed by atoms with Gasteiger partial charge < -0.3 is 10.4 Å².